The van der Waals surface area contributed by atoms with Crippen LogP contribution in [0.5, 0.6) is 0 Å². The molecule has 2 amide bonds. The fraction of sp³-hybridized carbons (Fsp3) is 0.273. The number of nitrogens with one attached hydrogen (secondary N) is 1. The number of halogens is 1. The van der Waals surface area contributed by atoms with Gasteiger partial charge in [-0.2, -0.15) is 0 Å². The first-order chi connectivity index (χ1) is 14.1. The zero-order chi connectivity index (χ0) is 20.6. The summed E-state index contributed by atoms with van der Waals surface area (Å²) in [5, 5.41) is 3.50. The number of para-hydroxylation sites is 1. The lowest BCUT2D eigenvalue weighted by atomic mass is 10.2. The zero-order valence-corrected chi connectivity index (χ0v) is 17.8. The Labute approximate surface area is 180 Å². The van der Waals surface area contributed by atoms with Crippen LogP contribution in [0.15, 0.2) is 58.3 Å². The summed E-state index contributed by atoms with van der Waals surface area (Å²) in [6.07, 6.45) is 2.56. The molecule has 0 unspecified atom stereocenters. The maximum absolute atomic E-state index is 13.1. The largest absolute Gasteiger partial charge is 0.382 e. The van der Waals surface area contributed by atoms with Crippen molar-refractivity contribution in [1.82, 2.24) is 5.32 Å². The van der Waals surface area contributed by atoms with Crippen molar-refractivity contribution in [2.24, 2.45) is 0 Å². The molecule has 0 aromatic heterocycles. The number of hydrogen-bond donors (Lipinski definition) is 1. The molecule has 2 aromatic rings. The molecular weight excluding hydrogens is 408 g/mol. The molecule has 0 fully saturated rings. The topological polar surface area (TPSA) is 58.6 Å². The number of carbonyl (C=O) groups excluding carboxylic acids is 2. The average molecular weight is 431 g/mol. The summed E-state index contributed by atoms with van der Waals surface area (Å²) in [4.78, 5) is 28.6. The summed E-state index contributed by atoms with van der Waals surface area (Å²) in [5.74, 6) is -0.379. The quantitative estimate of drug-likeness (QED) is 0.499. The van der Waals surface area contributed by atoms with E-state index in [9.17, 15) is 9.59 Å². The molecule has 0 bridgehead atoms. The van der Waals surface area contributed by atoms with Gasteiger partial charge >= 0.3 is 0 Å². The molecule has 2 aromatic carbocycles. The van der Waals surface area contributed by atoms with Gasteiger partial charge in [0, 0.05) is 29.7 Å². The van der Waals surface area contributed by atoms with Crippen molar-refractivity contribution < 1.29 is 14.3 Å². The number of carbonyl (C=O) groups is 2. The summed E-state index contributed by atoms with van der Waals surface area (Å²) >= 11 is 7.36. The predicted octanol–water partition coefficient (Wildman–Crippen LogP) is 4.36. The average Bonchev–Trinajstić information content (AvgIpc) is 2.72. The summed E-state index contributed by atoms with van der Waals surface area (Å²) in [6, 6.07) is 14.9. The van der Waals surface area contributed by atoms with E-state index in [4.69, 9.17) is 16.3 Å². The Bertz CT molecular complexity index is 899. The first kappa shape index (κ1) is 21.4. The molecule has 1 heterocycles. The monoisotopic (exact) mass is 430 g/mol. The van der Waals surface area contributed by atoms with Gasteiger partial charge in [0.25, 0.3) is 5.91 Å². The molecule has 0 spiro atoms. The van der Waals surface area contributed by atoms with Gasteiger partial charge in [-0.1, -0.05) is 47.6 Å². The number of hydrogen-bond acceptors (Lipinski definition) is 4. The van der Waals surface area contributed by atoms with Crippen LogP contribution in [0.25, 0.3) is 6.08 Å². The number of fused-ring (bicyclic) bond motifs is 1. The molecule has 0 saturated carbocycles. The minimum Gasteiger partial charge on any atom is -0.382 e. The smallest absolute Gasteiger partial charge is 0.265 e. The van der Waals surface area contributed by atoms with Crippen LogP contribution < -0.4 is 10.2 Å². The molecule has 152 valence electrons. The molecule has 0 atom stereocenters. The predicted molar refractivity (Wildman–Crippen MR) is 118 cm³/mol. The highest BCUT2D eigenvalue weighted by molar-refractivity contribution is 8.04. The number of ether oxygens (including phenoxy) is 1. The third kappa shape index (κ3) is 5.85. The van der Waals surface area contributed by atoms with Gasteiger partial charge in [0.15, 0.2) is 0 Å². The minimum absolute atomic E-state index is 0.0248. The number of benzene rings is 2. The lowest BCUT2D eigenvalue weighted by Crippen LogP contribution is -2.43. The second-order valence-electron chi connectivity index (χ2n) is 6.42. The summed E-state index contributed by atoms with van der Waals surface area (Å²) < 4.78 is 5.27. The molecule has 3 rings (SSSR count). The Morgan fingerprint density at radius 1 is 1.21 bits per heavy atom. The normalized spacial score (nSPS) is 14.8. The molecule has 1 aliphatic heterocycles. The molecule has 7 heteroatoms. The highest BCUT2D eigenvalue weighted by Gasteiger charge is 2.30. The van der Waals surface area contributed by atoms with Crippen LogP contribution >= 0.6 is 23.4 Å². The molecule has 1 aliphatic rings. The molecule has 5 nitrogen and oxygen atoms in total. The third-order valence-electron chi connectivity index (χ3n) is 4.29. The van der Waals surface area contributed by atoms with Gasteiger partial charge in [0.2, 0.25) is 5.91 Å². The van der Waals surface area contributed by atoms with Crippen LogP contribution in [0.4, 0.5) is 5.69 Å². The molecule has 0 radical (unpaired) electrons. The fourth-order valence-electron chi connectivity index (χ4n) is 2.88. The maximum Gasteiger partial charge on any atom is 0.265 e. The number of amides is 2. The van der Waals surface area contributed by atoms with Gasteiger partial charge in [0.1, 0.15) is 6.54 Å². The molecule has 0 saturated heterocycles. The van der Waals surface area contributed by atoms with Crippen molar-refractivity contribution in [1.29, 1.82) is 0 Å². The number of nitrogens with zero attached hydrogens (tertiary/aromatic N) is 1. The Morgan fingerprint density at radius 2 is 1.97 bits per heavy atom. The summed E-state index contributed by atoms with van der Waals surface area (Å²) in [6.45, 7) is 3.69. The van der Waals surface area contributed by atoms with Gasteiger partial charge in [-0.3, -0.25) is 14.5 Å². The van der Waals surface area contributed by atoms with Crippen LogP contribution in [0.2, 0.25) is 5.02 Å². The SMILES string of the molecule is CCOCCCNC(=O)CN1C(=O)/C(=C\c2ccc(Cl)cc2)Sc2ccccc21. The van der Waals surface area contributed by atoms with Gasteiger partial charge in [-0.15, -0.1) is 0 Å². The highest BCUT2D eigenvalue weighted by Crippen LogP contribution is 2.41. The van der Waals surface area contributed by atoms with Gasteiger partial charge < -0.3 is 10.1 Å². The molecule has 29 heavy (non-hydrogen) atoms. The Kier molecular flexibility index (Phi) is 7.75. The van der Waals surface area contributed by atoms with Crippen molar-refractivity contribution in [2.45, 2.75) is 18.2 Å². The number of anilines is 1. The summed E-state index contributed by atoms with van der Waals surface area (Å²) in [7, 11) is 0. The Hall–Kier alpha value is -2.28. The first-order valence-corrected chi connectivity index (χ1v) is 10.7. The van der Waals surface area contributed by atoms with E-state index >= 15 is 0 Å². The van der Waals surface area contributed by atoms with Crippen LogP contribution in [0, 0.1) is 0 Å². The van der Waals surface area contributed by atoms with Crippen molar-refractivity contribution >= 4 is 46.9 Å². The highest BCUT2D eigenvalue weighted by atomic mass is 35.5. The van der Waals surface area contributed by atoms with Gasteiger partial charge in [-0.05, 0) is 49.2 Å². The lowest BCUT2D eigenvalue weighted by Gasteiger charge is -2.29. The van der Waals surface area contributed by atoms with Crippen molar-refractivity contribution in [2.75, 3.05) is 31.2 Å². The summed E-state index contributed by atoms with van der Waals surface area (Å²) in [5.41, 5.74) is 1.63. The molecule has 1 N–H and O–H groups in total. The van der Waals surface area contributed by atoms with E-state index in [-0.39, 0.29) is 18.4 Å². The van der Waals surface area contributed by atoms with Gasteiger partial charge in [0.05, 0.1) is 10.6 Å². The zero-order valence-electron chi connectivity index (χ0n) is 16.2. The molecule has 0 aliphatic carbocycles. The van der Waals surface area contributed by atoms with Crippen molar-refractivity contribution in [3.63, 3.8) is 0 Å². The van der Waals surface area contributed by atoms with E-state index in [1.807, 2.05) is 49.4 Å². The standard InChI is InChI=1S/C22H23ClN2O3S/c1-2-28-13-5-12-24-21(26)15-25-18-6-3-4-7-19(18)29-20(22(25)27)14-16-8-10-17(23)11-9-16/h3-4,6-11,14H,2,5,12-13,15H2,1H3,(H,24,26)/b20-14+. The van der Waals surface area contributed by atoms with Crippen molar-refractivity contribution in [3.05, 3.63) is 64.0 Å². The van der Waals surface area contributed by atoms with E-state index in [0.29, 0.717) is 29.7 Å². The maximum atomic E-state index is 13.1. The van der Waals surface area contributed by atoms with Crippen LogP contribution in [0.1, 0.15) is 18.9 Å². The van der Waals surface area contributed by atoms with Crippen LogP contribution in [-0.2, 0) is 14.3 Å². The van der Waals surface area contributed by atoms with E-state index in [0.717, 1.165) is 22.6 Å². The van der Waals surface area contributed by atoms with Crippen molar-refractivity contribution in [3.8, 4) is 0 Å². The minimum atomic E-state index is -0.192. The van der Waals surface area contributed by atoms with E-state index in [1.165, 1.54) is 16.7 Å². The first-order valence-electron chi connectivity index (χ1n) is 9.49. The second kappa shape index (κ2) is 10.5. The molecular formula is C22H23ClN2O3S. The Morgan fingerprint density at radius 3 is 2.72 bits per heavy atom. The Balaban J connectivity index is 1.75. The van der Waals surface area contributed by atoms with E-state index in [1.54, 1.807) is 12.1 Å². The van der Waals surface area contributed by atoms with E-state index < -0.39 is 0 Å². The third-order valence-corrected chi connectivity index (χ3v) is 5.62. The van der Waals surface area contributed by atoms with E-state index in [2.05, 4.69) is 5.32 Å². The van der Waals surface area contributed by atoms with Crippen LogP contribution in [-0.4, -0.2) is 38.1 Å². The lowest BCUT2D eigenvalue weighted by molar-refractivity contribution is -0.122. The number of thioether (sulfide) groups is 1. The van der Waals surface area contributed by atoms with Gasteiger partial charge in [-0.25, -0.2) is 0 Å². The number of rotatable bonds is 8. The fourth-order valence-corrected chi connectivity index (χ4v) is 4.06. The second-order valence-corrected chi connectivity index (χ2v) is 7.94. The van der Waals surface area contributed by atoms with Crippen LogP contribution in [0.3, 0.4) is 0 Å².